The SMILES string of the molecule is CCN(CCNC(=O)N[C@@H](CO)C(=O)O)C1CC1. The first-order valence-corrected chi connectivity index (χ1v) is 6.20. The van der Waals surface area contributed by atoms with E-state index < -0.39 is 24.6 Å². The number of rotatable bonds is 8. The van der Waals surface area contributed by atoms with E-state index in [4.69, 9.17) is 10.2 Å². The molecule has 0 aromatic carbocycles. The summed E-state index contributed by atoms with van der Waals surface area (Å²) in [5, 5.41) is 22.2. The summed E-state index contributed by atoms with van der Waals surface area (Å²) in [6.45, 7) is 3.62. The molecule has 18 heavy (non-hydrogen) atoms. The van der Waals surface area contributed by atoms with E-state index in [1.54, 1.807) is 0 Å². The Kier molecular flexibility index (Phi) is 5.87. The van der Waals surface area contributed by atoms with Gasteiger partial charge in [0, 0.05) is 19.1 Å². The molecule has 4 N–H and O–H groups in total. The zero-order chi connectivity index (χ0) is 13.5. The second kappa shape index (κ2) is 7.17. The van der Waals surface area contributed by atoms with Crippen LogP contribution in [0, 0.1) is 0 Å². The van der Waals surface area contributed by atoms with Crippen molar-refractivity contribution >= 4 is 12.0 Å². The van der Waals surface area contributed by atoms with Crippen LogP contribution < -0.4 is 10.6 Å². The van der Waals surface area contributed by atoms with Crippen molar-refractivity contribution in [3.05, 3.63) is 0 Å². The molecule has 0 saturated heterocycles. The van der Waals surface area contributed by atoms with E-state index in [-0.39, 0.29) is 0 Å². The number of carboxylic acids is 1. The number of urea groups is 1. The predicted octanol–water partition coefficient (Wildman–Crippen LogP) is -0.785. The van der Waals surface area contributed by atoms with Crippen LogP contribution in [0.15, 0.2) is 0 Å². The van der Waals surface area contributed by atoms with E-state index in [2.05, 4.69) is 22.5 Å². The fourth-order valence-corrected chi connectivity index (χ4v) is 1.75. The number of aliphatic carboxylic acids is 1. The largest absolute Gasteiger partial charge is 0.480 e. The average molecular weight is 259 g/mol. The van der Waals surface area contributed by atoms with Crippen LogP contribution in [0.1, 0.15) is 19.8 Å². The summed E-state index contributed by atoms with van der Waals surface area (Å²) in [6, 6.07) is -1.18. The monoisotopic (exact) mass is 259 g/mol. The topological polar surface area (TPSA) is 102 Å². The van der Waals surface area contributed by atoms with E-state index >= 15 is 0 Å². The molecule has 1 rings (SSSR count). The minimum absolute atomic E-state index is 0.466. The lowest BCUT2D eigenvalue weighted by molar-refractivity contribution is -0.140. The number of carboxylic acid groups (broad SMARTS) is 1. The fourth-order valence-electron chi connectivity index (χ4n) is 1.75. The van der Waals surface area contributed by atoms with Crippen molar-refractivity contribution in [1.29, 1.82) is 0 Å². The molecule has 1 aliphatic carbocycles. The molecule has 1 aliphatic rings. The maximum absolute atomic E-state index is 11.4. The van der Waals surface area contributed by atoms with Gasteiger partial charge in [0.1, 0.15) is 0 Å². The first-order valence-electron chi connectivity index (χ1n) is 6.20. The highest BCUT2D eigenvalue weighted by atomic mass is 16.4. The summed E-state index contributed by atoms with van der Waals surface area (Å²) in [6.07, 6.45) is 2.43. The highest BCUT2D eigenvalue weighted by Crippen LogP contribution is 2.25. The van der Waals surface area contributed by atoms with E-state index in [1.165, 1.54) is 12.8 Å². The summed E-state index contributed by atoms with van der Waals surface area (Å²) in [5.74, 6) is -1.25. The Hall–Kier alpha value is -1.34. The summed E-state index contributed by atoms with van der Waals surface area (Å²) >= 11 is 0. The highest BCUT2D eigenvalue weighted by Gasteiger charge is 2.27. The number of aliphatic hydroxyl groups is 1. The lowest BCUT2D eigenvalue weighted by Gasteiger charge is -2.20. The Morgan fingerprint density at radius 1 is 1.44 bits per heavy atom. The predicted molar refractivity (Wildman–Crippen MR) is 65.3 cm³/mol. The van der Waals surface area contributed by atoms with Crippen molar-refractivity contribution < 1.29 is 19.8 Å². The zero-order valence-corrected chi connectivity index (χ0v) is 10.6. The first-order chi connectivity index (χ1) is 8.58. The molecule has 0 aromatic heterocycles. The number of nitrogens with zero attached hydrogens (tertiary/aromatic N) is 1. The third kappa shape index (κ3) is 4.89. The molecule has 1 saturated carbocycles. The van der Waals surface area contributed by atoms with Gasteiger partial charge in [0.05, 0.1) is 6.61 Å². The molecule has 0 heterocycles. The van der Waals surface area contributed by atoms with Crippen molar-refractivity contribution in [2.75, 3.05) is 26.2 Å². The van der Waals surface area contributed by atoms with Gasteiger partial charge in [-0.3, -0.25) is 4.90 Å². The number of carbonyl (C=O) groups excluding carboxylic acids is 1. The van der Waals surface area contributed by atoms with Gasteiger partial charge < -0.3 is 20.8 Å². The fraction of sp³-hybridized carbons (Fsp3) is 0.818. The Morgan fingerprint density at radius 3 is 2.56 bits per heavy atom. The van der Waals surface area contributed by atoms with E-state index in [0.717, 1.165) is 13.1 Å². The van der Waals surface area contributed by atoms with Crippen LogP contribution in [0.5, 0.6) is 0 Å². The van der Waals surface area contributed by atoms with Gasteiger partial charge in [-0.1, -0.05) is 6.92 Å². The summed E-state index contributed by atoms with van der Waals surface area (Å²) in [4.78, 5) is 24.2. The number of hydrogen-bond acceptors (Lipinski definition) is 4. The number of aliphatic hydroxyl groups excluding tert-OH is 1. The lowest BCUT2D eigenvalue weighted by Crippen LogP contribution is -2.49. The maximum atomic E-state index is 11.4. The quantitative estimate of drug-likeness (QED) is 0.458. The molecular formula is C11H21N3O4. The highest BCUT2D eigenvalue weighted by molar-refractivity contribution is 5.82. The van der Waals surface area contributed by atoms with E-state index in [1.807, 2.05) is 0 Å². The number of likely N-dealkylation sites (N-methyl/N-ethyl adjacent to an activating group) is 1. The van der Waals surface area contributed by atoms with Gasteiger partial charge in [-0.05, 0) is 19.4 Å². The van der Waals surface area contributed by atoms with Crippen molar-refractivity contribution in [2.45, 2.75) is 31.8 Å². The molecular weight excluding hydrogens is 238 g/mol. The van der Waals surface area contributed by atoms with E-state index in [9.17, 15) is 9.59 Å². The van der Waals surface area contributed by atoms with Crippen LogP contribution in [0.3, 0.4) is 0 Å². The number of amides is 2. The molecule has 7 heteroatoms. The van der Waals surface area contributed by atoms with Crippen molar-refractivity contribution in [2.24, 2.45) is 0 Å². The Morgan fingerprint density at radius 2 is 2.11 bits per heavy atom. The lowest BCUT2D eigenvalue weighted by atomic mass is 10.3. The molecule has 1 fully saturated rings. The second-order valence-electron chi connectivity index (χ2n) is 4.33. The molecule has 0 bridgehead atoms. The van der Waals surface area contributed by atoms with Gasteiger partial charge in [-0.2, -0.15) is 0 Å². The molecule has 7 nitrogen and oxygen atoms in total. The average Bonchev–Trinajstić information content (AvgIpc) is 3.15. The van der Waals surface area contributed by atoms with Crippen LogP contribution in [-0.4, -0.2) is 65.4 Å². The Labute approximate surface area is 106 Å². The van der Waals surface area contributed by atoms with Gasteiger partial charge in [0.15, 0.2) is 6.04 Å². The third-order valence-corrected chi connectivity index (χ3v) is 2.94. The van der Waals surface area contributed by atoms with Gasteiger partial charge >= 0.3 is 12.0 Å². The molecule has 1 atom stereocenters. The maximum Gasteiger partial charge on any atom is 0.328 e. The van der Waals surface area contributed by atoms with Crippen molar-refractivity contribution in [3.8, 4) is 0 Å². The minimum atomic E-state index is -1.25. The Bertz CT molecular complexity index is 294. The number of nitrogens with one attached hydrogen (secondary N) is 2. The van der Waals surface area contributed by atoms with Crippen LogP contribution >= 0.6 is 0 Å². The van der Waals surface area contributed by atoms with Gasteiger partial charge in [-0.15, -0.1) is 0 Å². The van der Waals surface area contributed by atoms with Gasteiger partial charge in [-0.25, -0.2) is 9.59 Å². The Balaban J connectivity index is 2.17. The van der Waals surface area contributed by atoms with Crippen molar-refractivity contribution in [3.63, 3.8) is 0 Å². The second-order valence-corrected chi connectivity index (χ2v) is 4.33. The zero-order valence-electron chi connectivity index (χ0n) is 10.6. The number of carbonyl (C=O) groups is 2. The van der Waals surface area contributed by atoms with Crippen molar-refractivity contribution in [1.82, 2.24) is 15.5 Å². The molecule has 0 aromatic rings. The summed E-state index contributed by atoms with van der Waals surface area (Å²) in [7, 11) is 0. The summed E-state index contributed by atoms with van der Waals surface area (Å²) < 4.78 is 0. The van der Waals surface area contributed by atoms with E-state index in [0.29, 0.717) is 12.6 Å². The standard InChI is InChI=1S/C11H21N3O4/c1-2-14(8-3-4-8)6-5-12-11(18)13-9(7-15)10(16)17/h8-9,15H,2-7H2,1H3,(H,16,17)(H2,12,13,18)/t9-/m0/s1. The third-order valence-electron chi connectivity index (χ3n) is 2.94. The van der Waals surface area contributed by atoms with Crippen LogP contribution in [0.25, 0.3) is 0 Å². The van der Waals surface area contributed by atoms with Gasteiger partial charge in [0.2, 0.25) is 0 Å². The molecule has 2 amide bonds. The summed E-state index contributed by atoms with van der Waals surface area (Å²) in [5.41, 5.74) is 0. The molecule has 0 radical (unpaired) electrons. The number of hydrogen-bond donors (Lipinski definition) is 4. The van der Waals surface area contributed by atoms with Crippen LogP contribution in [0.4, 0.5) is 4.79 Å². The smallest absolute Gasteiger partial charge is 0.328 e. The minimum Gasteiger partial charge on any atom is -0.480 e. The van der Waals surface area contributed by atoms with Crippen LogP contribution in [0.2, 0.25) is 0 Å². The molecule has 0 aliphatic heterocycles. The first kappa shape index (κ1) is 14.7. The molecule has 104 valence electrons. The van der Waals surface area contributed by atoms with Gasteiger partial charge in [0.25, 0.3) is 0 Å². The normalized spacial score (nSPS) is 16.4. The molecule has 0 spiro atoms. The molecule has 0 unspecified atom stereocenters. The van der Waals surface area contributed by atoms with Crippen LogP contribution in [-0.2, 0) is 4.79 Å².